The Morgan fingerprint density at radius 3 is 2.81 bits per heavy atom. The first-order valence-corrected chi connectivity index (χ1v) is 7.74. The number of nitrogens with one attached hydrogen (secondary N) is 1. The van der Waals surface area contributed by atoms with Crippen LogP contribution in [0.25, 0.3) is 0 Å². The van der Waals surface area contributed by atoms with Crippen molar-refractivity contribution >= 4 is 17.5 Å². The quantitative estimate of drug-likeness (QED) is 0.914. The topological polar surface area (TPSA) is 29.1 Å². The number of fused-ring (bicyclic) bond motifs is 1. The van der Waals surface area contributed by atoms with Crippen LogP contribution in [0.3, 0.4) is 0 Å². The summed E-state index contributed by atoms with van der Waals surface area (Å²) >= 11 is 5.95. The van der Waals surface area contributed by atoms with Crippen LogP contribution in [0.15, 0.2) is 42.5 Å². The maximum absolute atomic E-state index is 12.2. The molecule has 0 aliphatic heterocycles. The molecule has 0 atom stereocenters. The highest BCUT2D eigenvalue weighted by Crippen LogP contribution is 2.22. The smallest absolute Gasteiger partial charge is 0.251 e. The van der Waals surface area contributed by atoms with E-state index in [9.17, 15) is 4.79 Å². The molecule has 1 N–H and O–H groups in total. The zero-order chi connectivity index (χ0) is 14.7. The molecule has 0 unspecified atom stereocenters. The van der Waals surface area contributed by atoms with Crippen LogP contribution in [0.4, 0.5) is 0 Å². The van der Waals surface area contributed by atoms with E-state index >= 15 is 0 Å². The summed E-state index contributed by atoms with van der Waals surface area (Å²) in [5.41, 5.74) is 4.63. The zero-order valence-electron chi connectivity index (χ0n) is 11.9. The Kier molecular flexibility index (Phi) is 4.26. The van der Waals surface area contributed by atoms with Gasteiger partial charge in [0.2, 0.25) is 0 Å². The van der Waals surface area contributed by atoms with Crippen LogP contribution in [0.5, 0.6) is 0 Å². The predicted octanol–water partition coefficient (Wildman–Crippen LogP) is 3.80. The highest BCUT2D eigenvalue weighted by atomic mass is 35.5. The van der Waals surface area contributed by atoms with Crippen molar-refractivity contribution in [3.05, 3.63) is 69.7 Å². The molecule has 1 aliphatic carbocycles. The number of rotatable bonds is 4. The number of halogens is 1. The third-order valence-corrected chi connectivity index (χ3v) is 4.18. The van der Waals surface area contributed by atoms with Crippen molar-refractivity contribution in [3.8, 4) is 0 Å². The summed E-state index contributed by atoms with van der Waals surface area (Å²) in [4.78, 5) is 12.2. The SMILES string of the molecule is O=C(NCCc1cccc(Cl)c1)c1ccc2c(c1)CCC2. The van der Waals surface area contributed by atoms with Gasteiger partial charge in [-0.1, -0.05) is 29.8 Å². The standard InChI is InChI=1S/C18H18ClNO/c19-17-6-1-3-13(11-17)9-10-20-18(21)16-8-7-14-4-2-5-15(14)12-16/h1,3,6-8,11-12H,2,4-5,9-10H2,(H,20,21). The normalized spacial score (nSPS) is 13.0. The molecule has 108 valence electrons. The maximum atomic E-state index is 12.2. The van der Waals surface area contributed by atoms with Gasteiger partial charge in [0.1, 0.15) is 0 Å². The third-order valence-electron chi connectivity index (χ3n) is 3.95. The molecule has 3 heteroatoms. The molecule has 0 heterocycles. The van der Waals surface area contributed by atoms with E-state index in [1.165, 1.54) is 17.5 Å². The lowest BCUT2D eigenvalue weighted by atomic mass is 10.1. The van der Waals surface area contributed by atoms with E-state index in [1.54, 1.807) is 0 Å². The second-order valence-corrected chi connectivity index (χ2v) is 5.91. The van der Waals surface area contributed by atoms with Crippen molar-refractivity contribution in [2.24, 2.45) is 0 Å². The van der Waals surface area contributed by atoms with Gasteiger partial charge in [-0.25, -0.2) is 0 Å². The predicted molar refractivity (Wildman–Crippen MR) is 86.0 cm³/mol. The molecule has 2 nitrogen and oxygen atoms in total. The van der Waals surface area contributed by atoms with Crippen molar-refractivity contribution < 1.29 is 4.79 Å². The van der Waals surface area contributed by atoms with Gasteiger partial charge in [0, 0.05) is 17.1 Å². The number of hydrogen-bond donors (Lipinski definition) is 1. The molecular formula is C18H18ClNO. The minimum atomic E-state index is 0.00623. The van der Waals surface area contributed by atoms with Gasteiger partial charge >= 0.3 is 0 Å². The van der Waals surface area contributed by atoms with E-state index in [2.05, 4.69) is 11.4 Å². The van der Waals surface area contributed by atoms with Crippen LogP contribution in [-0.2, 0) is 19.3 Å². The summed E-state index contributed by atoms with van der Waals surface area (Å²) in [6, 6.07) is 13.8. The van der Waals surface area contributed by atoms with Gasteiger partial charge in [0.25, 0.3) is 5.91 Å². The fourth-order valence-corrected chi connectivity index (χ4v) is 3.04. The first-order chi connectivity index (χ1) is 10.2. The molecule has 0 saturated carbocycles. The van der Waals surface area contributed by atoms with Gasteiger partial charge in [-0.2, -0.15) is 0 Å². The second-order valence-electron chi connectivity index (χ2n) is 5.47. The van der Waals surface area contributed by atoms with Gasteiger partial charge in [0.15, 0.2) is 0 Å². The van der Waals surface area contributed by atoms with Crippen LogP contribution in [-0.4, -0.2) is 12.5 Å². The van der Waals surface area contributed by atoms with Gasteiger partial charge in [-0.15, -0.1) is 0 Å². The zero-order valence-corrected chi connectivity index (χ0v) is 12.6. The number of hydrogen-bond acceptors (Lipinski definition) is 1. The van der Waals surface area contributed by atoms with E-state index in [0.29, 0.717) is 6.54 Å². The number of benzene rings is 2. The summed E-state index contributed by atoms with van der Waals surface area (Å²) < 4.78 is 0. The fourth-order valence-electron chi connectivity index (χ4n) is 2.83. The summed E-state index contributed by atoms with van der Waals surface area (Å²) in [5.74, 6) is 0.00623. The van der Waals surface area contributed by atoms with Crippen LogP contribution in [0, 0.1) is 0 Å². The number of amides is 1. The molecule has 2 aromatic rings. The average molecular weight is 300 g/mol. The molecule has 0 fully saturated rings. The Balaban J connectivity index is 1.57. The van der Waals surface area contributed by atoms with E-state index in [0.717, 1.165) is 35.4 Å². The molecule has 21 heavy (non-hydrogen) atoms. The molecule has 0 saturated heterocycles. The Bertz CT molecular complexity index is 666. The Morgan fingerprint density at radius 1 is 1.10 bits per heavy atom. The summed E-state index contributed by atoms with van der Waals surface area (Å²) in [6.45, 7) is 0.621. The van der Waals surface area contributed by atoms with Crippen molar-refractivity contribution in [1.29, 1.82) is 0 Å². The molecular weight excluding hydrogens is 282 g/mol. The van der Waals surface area contributed by atoms with E-state index in [1.807, 2.05) is 36.4 Å². The summed E-state index contributed by atoms with van der Waals surface area (Å²) in [6.07, 6.45) is 4.23. The van der Waals surface area contributed by atoms with Crippen LogP contribution >= 0.6 is 11.6 Å². The molecule has 3 rings (SSSR count). The molecule has 1 amide bonds. The fraction of sp³-hybridized carbons (Fsp3) is 0.278. The Hall–Kier alpha value is -1.80. The first kappa shape index (κ1) is 14.2. The van der Waals surface area contributed by atoms with Crippen molar-refractivity contribution in [2.75, 3.05) is 6.54 Å². The van der Waals surface area contributed by atoms with E-state index in [4.69, 9.17) is 11.6 Å². The monoisotopic (exact) mass is 299 g/mol. The lowest BCUT2D eigenvalue weighted by Gasteiger charge is -2.07. The van der Waals surface area contributed by atoms with E-state index < -0.39 is 0 Å². The lowest BCUT2D eigenvalue weighted by Crippen LogP contribution is -2.25. The van der Waals surface area contributed by atoms with Crippen LogP contribution in [0.2, 0.25) is 5.02 Å². The largest absolute Gasteiger partial charge is 0.352 e. The lowest BCUT2D eigenvalue weighted by molar-refractivity contribution is 0.0954. The van der Waals surface area contributed by atoms with Crippen molar-refractivity contribution in [1.82, 2.24) is 5.32 Å². The Morgan fingerprint density at radius 2 is 1.95 bits per heavy atom. The van der Waals surface area contributed by atoms with Gasteiger partial charge in [-0.3, -0.25) is 4.79 Å². The Labute approximate surface area is 130 Å². The molecule has 1 aliphatic rings. The molecule has 0 spiro atoms. The minimum Gasteiger partial charge on any atom is -0.352 e. The number of carbonyl (C=O) groups is 1. The highest BCUT2D eigenvalue weighted by Gasteiger charge is 2.13. The van der Waals surface area contributed by atoms with Crippen molar-refractivity contribution in [3.63, 3.8) is 0 Å². The summed E-state index contributed by atoms with van der Waals surface area (Å²) in [7, 11) is 0. The average Bonchev–Trinajstić information content (AvgIpc) is 2.94. The molecule has 0 aromatic heterocycles. The van der Waals surface area contributed by atoms with Crippen molar-refractivity contribution in [2.45, 2.75) is 25.7 Å². The second kappa shape index (κ2) is 6.31. The third kappa shape index (κ3) is 3.45. The van der Waals surface area contributed by atoms with Gasteiger partial charge < -0.3 is 5.32 Å². The van der Waals surface area contributed by atoms with Gasteiger partial charge in [-0.05, 0) is 66.6 Å². The first-order valence-electron chi connectivity index (χ1n) is 7.37. The van der Waals surface area contributed by atoms with Crippen LogP contribution in [0.1, 0.15) is 33.5 Å². The minimum absolute atomic E-state index is 0.00623. The maximum Gasteiger partial charge on any atom is 0.251 e. The molecule has 2 aromatic carbocycles. The van der Waals surface area contributed by atoms with Crippen LogP contribution < -0.4 is 5.32 Å². The number of aryl methyl sites for hydroxylation is 2. The highest BCUT2D eigenvalue weighted by molar-refractivity contribution is 6.30. The number of carbonyl (C=O) groups excluding carboxylic acids is 1. The molecule has 0 bridgehead atoms. The van der Waals surface area contributed by atoms with E-state index in [-0.39, 0.29) is 5.91 Å². The summed E-state index contributed by atoms with van der Waals surface area (Å²) in [5, 5.41) is 3.71. The van der Waals surface area contributed by atoms with Gasteiger partial charge in [0.05, 0.1) is 0 Å². The molecule has 0 radical (unpaired) electrons.